The predicted octanol–water partition coefficient (Wildman–Crippen LogP) is 0.897. The Bertz CT molecular complexity index is 569. The van der Waals surface area contributed by atoms with Gasteiger partial charge < -0.3 is 24.8 Å². The molecular weight excluding hydrogens is 288 g/mol. The Balaban J connectivity index is 1.47. The fourth-order valence-corrected chi connectivity index (χ4v) is 2.45. The molecule has 0 unspecified atom stereocenters. The maximum Gasteiger partial charge on any atom is 0.243 e. The molecule has 118 valence electrons. The molecule has 2 aliphatic rings. The summed E-state index contributed by atoms with van der Waals surface area (Å²) in [4.78, 5) is 23.8. The lowest BCUT2D eigenvalue weighted by molar-refractivity contribution is -0.129. The van der Waals surface area contributed by atoms with Crippen LogP contribution in [-0.2, 0) is 14.3 Å². The summed E-state index contributed by atoms with van der Waals surface area (Å²) in [5.74, 6) is 0.824. The van der Waals surface area contributed by atoms with Crippen LogP contribution in [0.3, 0.4) is 0 Å². The van der Waals surface area contributed by atoms with E-state index in [1.807, 2.05) is 0 Å². The molecule has 22 heavy (non-hydrogen) atoms. The number of fused-ring (bicyclic) bond motifs is 1. The zero-order valence-electron chi connectivity index (χ0n) is 12.1. The maximum atomic E-state index is 11.9. The van der Waals surface area contributed by atoms with Crippen LogP contribution in [0.4, 0.5) is 5.69 Å². The van der Waals surface area contributed by atoms with E-state index in [0.717, 1.165) is 0 Å². The molecule has 3 rings (SSSR count). The Labute approximate surface area is 127 Å². The summed E-state index contributed by atoms with van der Waals surface area (Å²) in [6.45, 7) is 1.33. The molecule has 0 aromatic heterocycles. The fourth-order valence-electron chi connectivity index (χ4n) is 2.45. The third-order valence-corrected chi connectivity index (χ3v) is 3.67. The van der Waals surface area contributed by atoms with Crippen molar-refractivity contribution in [2.75, 3.05) is 31.9 Å². The van der Waals surface area contributed by atoms with Gasteiger partial charge >= 0.3 is 0 Å². The summed E-state index contributed by atoms with van der Waals surface area (Å²) < 4.78 is 15.7. The first-order valence-electron chi connectivity index (χ1n) is 7.27. The summed E-state index contributed by atoms with van der Waals surface area (Å²) in [5.41, 5.74) is 0.606. The monoisotopic (exact) mass is 306 g/mol. The van der Waals surface area contributed by atoms with E-state index in [4.69, 9.17) is 14.2 Å². The van der Waals surface area contributed by atoms with Gasteiger partial charge in [-0.3, -0.25) is 9.59 Å². The van der Waals surface area contributed by atoms with Crippen LogP contribution in [0.15, 0.2) is 18.2 Å². The Morgan fingerprint density at radius 1 is 1.14 bits per heavy atom. The summed E-state index contributed by atoms with van der Waals surface area (Å²) in [7, 11) is 0. The molecule has 2 amide bonds. The number of nitrogens with one attached hydrogen (secondary N) is 2. The third-order valence-electron chi connectivity index (χ3n) is 3.67. The average Bonchev–Trinajstić information content (AvgIpc) is 3.01. The van der Waals surface area contributed by atoms with Crippen molar-refractivity contribution in [3.8, 4) is 11.5 Å². The lowest BCUT2D eigenvalue weighted by atomic mass is 9.99. The Kier molecular flexibility index (Phi) is 4.43. The molecular formula is C15H18N2O5. The molecule has 1 fully saturated rings. The van der Waals surface area contributed by atoms with Crippen LogP contribution in [0.1, 0.15) is 12.8 Å². The van der Waals surface area contributed by atoms with E-state index in [9.17, 15) is 9.59 Å². The minimum Gasteiger partial charge on any atom is -0.454 e. The van der Waals surface area contributed by atoms with Crippen LogP contribution in [0.25, 0.3) is 0 Å². The summed E-state index contributed by atoms with van der Waals surface area (Å²) in [6, 6.07) is 5.16. The number of ether oxygens (including phenoxy) is 3. The molecule has 0 spiro atoms. The van der Waals surface area contributed by atoms with Crippen LogP contribution >= 0.6 is 0 Å². The molecule has 7 heteroatoms. The van der Waals surface area contributed by atoms with Gasteiger partial charge in [0, 0.05) is 30.9 Å². The Morgan fingerprint density at radius 3 is 2.73 bits per heavy atom. The van der Waals surface area contributed by atoms with Crippen molar-refractivity contribution in [2.45, 2.75) is 12.8 Å². The van der Waals surface area contributed by atoms with Crippen LogP contribution in [0.2, 0.25) is 0 Å². The molecule has 2 aliphatic heterocycles. The smallest absolute Gasteiger partial charge is 0.243 e. The van der Waals surface area contributed by atoms with Gasteiger partial charge in [0.15, 0.2) is 11.5 Å². The number of carbonyl (C=O) groups is 2. The van der Waals surface area contributed by atoms with Gasteiger partial charge in [0.2, 0.25) is 18.6 Å². The number of carbonyl (C=O) groups excluding carboxylic acids is 2. The van der Waals surface area contributed by atoms with E-state index < -0.39 is 0 Å². The third kappa shape index (κ3) is 3.48. The normalized spacial score (nSPS) is 17.1. The van der Waals surface area contributed by atoms with Gasteiger partial charge in [-0.25, -0.2) is 0 Å². The number of hydrogen-bond acceptors (Lipinski definition) is 5. The van der Waals surface area contributed by atoms with Gasteiger partial charge in [-0.05, 0) is 25.0 Å². The highest BCUT2D eigenvalue weighted by Crippen LogP contribution is 2.34. The van der Waals surface area contributed by atoms with Crippen LogP contribution in [-0.4, -0.2) is 38.4 Å². The van der Waals surface area contributed by atoms with E-state index >= 15 is 0 Å². The van der Waals surface area contributed by atoms with Crippen molar-refractivity contribution in [1.82, 2.24) is 5.32 Å². The van der Waals surface area contributed by atoms with E-state index in [1.54, 1.807) is 18.2 Å². The van der Waals surface area contributed by atoms with E-state index in [1.165, 1.54) is 0 Å². The quantitative estimate of drug-likeness (QED) is 0.863. The summed E-state index contributed by atoms with van der Waals surface area (Å²) in [5, 5.41) is 5.38. The van der Waals surface area contributed by atoms with Gasteiger partial charge in [0.05, 0.1) is 6.54 Å². The van der Waals surface area contributed by atoms with E-state index in [2.05, 4.69) is 10.6 Å². The number of anilines is 1. The fraction of sp³-hybridized carbons (Fsp3) is 0.467. The molecule has 0 bridgehead atoms. The Hall–Kier alpha value is -2.28. The largest absolute Gasteiger partial charge is 0.454 e. The summed E-state index contributed by atoms with van der Waals surface area (Å²) in [6.07, 6.45) is 1.41. The molecule has 1 aromatic carbocycles. The van der Waals surface area contributed by atoms with Crippen molar-refractivity contribution >= 4 is 17.5 Å². The maximum absolute atomic E-state index is 11.9. The molecule has 1 saturated heterocycles. The molecule has 0 saturated carbocycles. The molecule has 1 aromatic rings. The van der Waals surface area contributed by atoms with E-state index in [0.29, 0.717) is 43.2 Å². The number of hydrogen-bond donors (Lipinski definition) is 2. The van der Waals surface area contributed by atoms with E-state index in [-0.39, 0.29) is 31.1 Å². The lowest BCUT2D eigenvalue weighted by Gasteiger charge is -2.21. The zero-order chi connectivity index (χ0) is 15.4. The minimum absolute atomic E-state index is 0.0510. The molecule has 0 aliphatic carbocycles. The second-order valence-corrected chi connectivity index (χ2v) is 5.22. The van der Waals surface area contributed by atoms with Crippen molar-refractivity contribution in [1.29, 1.82) is 0 Å². The van der Waals surface area contributed by atoms with Crippen molar-refractivity contribution < 1.29 is 23.8 Å². The van der Waals surface area contributed by atoms with Gasteiger partial charge in [0.25, 0.3) is 0 Å². The van der Waals surface area contributed by atoms with Crippen LogP contribution < -0.4 is 20.1 Å². The first kappa shape index (κ1) is 14.6. The predicted molar refractivity (Wildman–Crippen MR) is 77.7 cm³/mol. The van der Waals surface area contributed by atoms with Crippen molar-refractivity contribution in [2.24, 2.45) is 5.92 Å². The highest BCUT2D eigenvalue weighted by Gasteiger charge is 2.21. The van der Waals surface area contributed by atoms with Gasteiger partial charge in [-0.1, -0.05) is 0 Å². The number of benzene rings is 1. The number of amides is 2. The summed E-state index contributed by atoms with van der Waals surface area (Å²) >= 11 is 0. The molecule has 0 radical (unpaired) electrons. The Morgan fingerprint density at radius 2 is 1.91 bits per heavy atom. The number of rotatable bonds is 4. The molecule has 2 N–H and O–H groups in total. The molecule has 0 atom stereocenters. The highest BCUT2D eigenvalue weighted by atomic mass is 16.7. The zero-order valence-corrected chi connectivity index (χ0v) is 12.1. The van der Waals surface area contributed by atoms with Crippen LogP contribution in [0.5, 0.6) is 11.5 Å². The van der Waals surface area contributed by atoms with Crippen LogP contribution in [0, 0.1) is 5.92 Å². The second kappa shape index (κ2) is 6.65. The van der Waals surface area contributed by atoms with Gasteiger partial charge in [-0.15, -0.1) is 0 Å². The lowest BCUT2D eigenvalue weighted by Crippen LogP contribution is -2.38. The second-order valence-electron chi connectivity index (χ2n) is 5.22. The van der Waals surface area contributed by atoms with Gasteiger partial charge in [0.1, 0.15) is 0 Å². The minimum atomic E-state index is -0.278. The topological polar surface area (TPSA) is 85.9 Å². The SMILES string of the molecule is O=C(CNC(=O)C1CCOCC1)Nc1ccc2c(c1)OCO2. The van der Waals surface area contributed by atoms with Crippen molar-refractivity contribution in [3.05, 3.63) is 18.2 Å². The molecule has 2 heterocycles. The first-order valence-corrected chi connectivity index (χ1v) is 7.27. The average molecular weight is 306 g/mol. The van der Waals surface area contributed by atoms with Gasteiger partial charge in [-0.2, -0.15) is 0 Å². The standard InChI is InChI=1S/C15H18N2O5/c18-14(8-16-15(19)10-3-5-20-6-4-10)17-11-1-2-12-13(7-11)22-9-21-12/h1-2,7,10H,3-6,8-9H2,(H,16,19)(H,17,18). The van der Waals surface area contributed by atoms with Crippen molar-refractivity contribution in [3.63, 3.8) is 0 Å². The highest BCUT2D eigenvalue weighted by molar-refractivity contribution is 5.95. The first-order chi connectivity index (χ1) is 10.7. The molecule has 7 nitrogen and oxygen atoms in total.